The van der Waals surface area contributed by atoms with E-state index in [2.05, 4.69) is 22.1 Å². The minimum Gasteiger partial charge on any atom is -0.493 e. The normalized spacial score (nSPS) is 14.2. The van der Waals surface area contributed by atoms with Crippen molar-refractivity contribution in [3.05, 3.63) is 77.0 Å². The molecule has 4 rings (SSSR count). The third-order valence-corrected chi connectivity index (χ3v) is 4.69. The Morgan fingerprint density at radius 1 is 1.08 bits per heavy atom. The van der Waals surface area contributed by atoms with Gasteiger partial charge in [0.1, 0.15) is 0 Å². The molecular formula is C20H19N3O3. The lowest BCUT2D eigenvalue weighted by Crippen LogP contribution is -2.29. The zero-order chi connectivity index (χ0) is 18.1. The Morgan fingerprint density at radius 3 is 2.50 bits per heavy atom. The second-order valence-corrected chi connectivity index (χ2v) is 6.46. The molecule has 2 heterocycles. The number of carboxylic acid groups (broad SMARTS) is 1. The predicted octanol–water partition coefficient (Wildman–Crippen LogP) is 2.83. The Hall–Kier alpha value is -3.12. The van der Waals surface area contributed by atoms with Crippen LogP contribution in [0.1, 0.15) is 27.2 Å². The molecule has 0 radical (unpaired) electrons. The van der Waals surface area contributed by atoms with Gasteiger partial charge in [0.2, 0.25) is 5.88 Å². The first-order valence-corrected chi connectivity index (χ1v) is 8.51. The van der Waals surface area contributed by atoms with Crippen LogP contribution in [0.25, 0.3) is 5.69 Å². The van der Waals surface area contributed by atoms with E-state index < -0.39 is 5.97 Å². The van der Waals surface area contributed by atoms with Crippen LogP contribution < -0.4 is 0 Å². The molecule has 0 atom stereocenters. The molecule has 0 bridgehead atoms. The fourth-order valence-electron chi connectivity index (χ4n) is 3.32. The fraction of sp³-hybridized carbons (Fsp3) is 0.200. The van der Waals surface area contributed by atoms with E-state index in [0.717, 1.165) is 30.8 Å². The topological polar surface area (TPSA) is 78.6 Å². The summed E-state index contributed by atoms with van der Waals surface area (Å²) in [4.78, 5) is 13.3. The van der Waals surface area contributed by atoms with Gasteiger partial charge in [-0.1, -0.05) is 30.3 Å². The zero-order valence-corrected chi connectivity index (χ0v) is 14.2. The van der Waals surface area contributed by atoms with Gasteiger partial charge in [-0.25, -0.2) is 9.48 Å². The molecule has 0 fully saturated rings. The van der Waals surface area contributed by atoms with Gasteiger partial charge in [0.15, 0.2) is 0 Å². The molecule has 0 unspecified atom stereocenters. The molecule has 2 aromatic carbocycles. The Balaban J connectivity index is 1.57. The summed E-state index contributed by atoms with van der Waals surface area (Å²) in [6, 6.07) is 16.6. The predicted molar refractivity (Wildman–Crippen MR) is 96.4 cm³/mol. The minimum atomic E-state index is -0.975. The number of aromatic nitrogens is 2. The van der Waals surface area contributed by atoms with E-state index in [9.17, 15) is 9.90 Å². The average Bonchev–Trinajstić information content (AvgIpc) is 2.99. The fourth-order valence-corrected chi connectivity index (χ4v) is 3.32. The van der Waals surface area contributed by atoms with Crippen LogP contribution >= 0.6 is 0 Å². The van der Waals surface area contributed by atoms with Crippen LogP contribution in [-0.2, 0) is 19.5 Å². The number of benzene rings is 2. The minimum absolute atomic E-state index is 0.126. The summed E-state index contributed by atoms with van der Waals surface area (Å²) in [5, 5.41) is 24.2. The van der Waals surface area contributed by atoms with Crippen molar-refractivity contribution in [1.82, 2.24) is 14.7 Å². The van der Waals surface area contributed by atoms with Gasteiger partial charge in [-0.15, -0.1) is 0 Å². The van der Waals surface area contributed by atoms with E-state index in [1.165, 1.54) is 22.4 Å². The standard InChI is InChI=1S/C20H19N3O3/c24-19-17-13-22(12-14-4-2-1-3-5-14)11-10-18(17)21-23(19)16-8-6-15(7-9-16)20(25)26/h1-9,24H,10-13H2,(H,25,26). The molecule has 0 saturated carbocycles. The van der Waals surface area contributed by atoms with E-state index in [-0.39, 0.29) is 11.4 Å². The van der Waals surface area contributed by atoms with Crippen molar-refractivity contribution >= 4 is 5.97 Å². The molecule has 6 heteroatoms. The molecule has 1 aromatic heterocycles. The van der Waals surface area contributed by atoms with Crippen molar-refractivity contribution in [2.45, 2.75) is 19.5 Å². The highest BCUT2D eigenvalue weighted by atomic mass is 16.4. The number of nitrogens with zero attached hydrogens (tertiary/aromatic N) is 3. The Bertz CT molecular complexity index is 933. The largest absolute Gasteiger partial charge is 0.493 e. The number of aromatic hydroxyl groups is 1. The van der Waals surface area contributed by atoms with Gasteiger partial charge in [0.05, 0.1) is 22.5 Å². The quantitative estimate of drug-likeness (QED) is 0.757. The van der Waals surface area contributed by atoms with Gasteiger partial charge in [-0.2, -0.15) is 5.10 Å². The molecule has 0 amide bonds. The Labute approximate surface area is 150 Å². The zero-order valence-electron chi connectivity index (χ0n) is 14.2. The lowest BCUT2D eigenvalue weighted by Gasteiger charge is -2.26. The van der Waals surface area contributed by atoms with Crippen LogP contribution in [0.15, 0.2) is 54.6 Å². The molecule has 1 aliphatic heterocycles. The second-order valence-electron chi connectivity index (χ2n) is 6.46. The molecule has 0 saturated heterocycles. The third kappa shape index (κ3) is 3.07. The summed E-state index contributed by atoms with van der Waals surface area (Å²) in [5.74, 6) is -0.849. The lowest BCUT2D eigenvalue weighted by molar-refractivity contribution is 0.0697. The molecule has 26 heavy (non-hydrogen) atoms. The van der Waals surface area contributed by atoms with E-state index in [4.69, 9.17) is 5.11 Å². The molecule has 3 aromatic rings. The van der Waals surface area contributed by atoms with Crippen LogP contribution in [0.2, 0.25) is 0 Å². The molecular weight excluding hydrogens is 330 g/mol. The first-order valence-electron chi connectivity index (χ1n) is 8.51. The molecule has 1 aliphatic rings. The first-order chi connectivity index (χ1) is 12.6. The summed E-state index contributed by atoms with van der Waals surface area (Å²) in [7, 11) is 0. The molecule has 2 N–H and O–H groups in total. The molecule has 0 aliphatic carbocycles. The number of fused-ring (bicyclic) bond motifs is 1. The van der Waals surface area contributed by atoms with Crippen LogP contribution in [0.4, 0.5) is 0 Å². The van der Waals surface area contributed by atoms with Gasteiger partial charge in [0, 0.05) is 26.1 Å². The van der Waals surface area contributed by atoms with E-state index in [1.54, 1.807) is 12.1 Å². The maximum atomic E-state index is 11.0. The maximum Gasteiger partial charge on any atom is 0.335 e. The van der Waals surface area contributed by atoms with Crippen LogP contribution in [0.5, 0.6) is 5.88 Å². The molecule has 0 spiro atoms. The van der Waals surface area contributed by atoms with Crippen molar-refractivity contribution in [2.24, 2.45) is 0 Å². The SMILES string of the molecule is O=C(O)c1ccc(-n2nc3c(c2O)CN(Cc2ccccc2)CC3)cc1. The number of carboxylic acids is 1. The van der Waals surface area contributed by atoms with Gasteiger partial charge >= 0.3 is 5.97 Å². The summed E-state index contributed by atoms with van der Waals surface area (Å²) in [5.41, 5.74) is 3.84. The number of rotatable bonds is 4. The maximum absolute atomic E-state index is 11.0. The lowest BCUT2D eigenvalue weighted by atomic mass is 10.1. The first kappa shape index (κ1) is 16.4. The second kappa shape index (κ2) is 6.65. The molecule has 6 nitrogen and oxygen atoms in total. The Morgan fingerprint density at radius 2 is 1.81 bits per heavy atom. The average molecular weight is 349 g/mol. The number of aromatic carboxylic acids is 1. The van der Waals surface area contributed by atoms with Crippen molar-refractivity contribution in [2.75, 3.05) is 6.54 Å². The number of carbonyl (C=O) groups is 1. The summed E-state index contributed by atoms with van der Waals surface area (Å²) in [6.07, 6.45) is 0.774. The van der Waals surface area contributed by atoms with Crippen LogP contribution in [0.3, 0.4) is 0 Å². The highest BCUT2D eigenvalue weighted by Crippen LogP contribution is 2.30. The van der Waals surface area contributed by atoms with Crippen LogP contribution in [-0.4, -0.2) is 37.4 Å². The van der Waals surface area contributed by atoms with E-state index >= 15 is 0 Å². The van der Waals surface area contributed by atoms with Gasteiger partial charge in [0.25, 0.3) is 0 Å². The number of hydrogen-bond donors (Lipinski definition) is 2. The monoisotopic (exact) mass is 349 g/mol. The Kier molecular flexibility index (Phi) is 4.18. The smallest absolute Gasteiger partial charge is 0.335 e. The third-order valence-electron chi connectivity index (χ3n) is 4.69. The highest BCUT2D eigenvalue weighted by Gasteiger charge is 2.25. The summed E-state index contributed by atoms with van der Waals surface area (Å²) < 4.78 is 1.49. The van der Waals surface area contributed by atoms with E-state index in [0.29, 0.717) is 12.2 Å². The summed E-state index contributed by atoms with van der Waals surface area (Å²) in [6.45, 7) is 2.36. The summed E-state index contributed by atoms with van der Waals surface area (Å²) >= 11 is 0. The molecule has 132 valence electrons. The van der Waals surface area contributed by atoms with Gasteiger partial charge in [-0.3, -0.25) is 4.90 Å². The van der Waals surface area contributed by atoms with Crippen LogP contribution in [0, 0.1) is 0 Å². The highest BCUT2D eigenvalue weighted by molar-refractivity contribution is 5.87. The van der Waals surface area contributed by atoms with Gasteiger partial charge < -0.3 is 10.2 Å². The van der Waals surface area contributed by atoms with Gasteiger partial charge in [-0.05, 0) is 29.8 Å². The van der Waals surface area contributed by atoms with Crippen molar-refractivity contribution in [3.8, 4) is 11.6 Å². The number of hydrogen-bond acceptors (Lipinski definition) is 4. The van der Waals surface area contributed by atoms with Crippen molar-refractivity contribution < 1.29 is 15.0 Å². The van der Waals surface area contributed by atoms with Crippen molar-refractivity contribution in [3.63, 3.8) is 0 Å². The van der Waals surface area contributed by atoms with Crippen molar-refractivity contribution in [1.29, 1.82) is 0 Å². The van der Waals surface area contributed by atoms with E-state index in [1.807, 2.05) is 18.2 Å².